The average molecular weight is 245 g/mol. The molecular formula is C16H23NO. The number of hydrogen-bond donors (Lipinski definition) is 1. The molecule has 2 rings (SSSR count). The van der Waals surface area contributed by atoms with Gasteiger partial charge in [0.05, 0.1) is 6.10 Å². The first-order valence-electron chi connectivity index (χ1n) is 6.91. The molecule has 0 saturated heterocycles. The molecule has 2 heteroatoms. The molecule has 2 nitrogen and oxygen atoms in total. The molecule has 0 aliphatic heterocycles. The second kappa shape index (κ2) is 6.60. The zero-order valence-corrected chi connectivity index (χ0v) is 11.4. The summed E-state index contributed by atoms with van der Waals surface area (Å²) in [6, 6.07) is 9.00. The normalized spacial score (nSPS) is 15.5. The summed E-state index contributed by atoms with van der Waals surface area (Å²) in [6.07, 6.45) is 8.39. The first-order chi connectivity index (χ1) is 8.75. The maximum absolute atomic E-state index is 5.78. The predicted octanol–water partition coefficient (Wildman–Crippen LogP) is 3.63. The van der Waals surface area contributed by atoms with E-state index in [4.69, 9.17) is 4.74 Å². The van der Waals surface area contributed by atoms with Crippen LogP contribution in [0.25, 0.3) is 6.08 Å². The first-order valence-corrected chi connectivity index (χ1v) is 6.91. The third kappa shape index (κ3) is 4.53. The Morgan fingerprint density at radius 1 is 1.33 bits per heavy atom. The topological polar surface area (TPSA) is 21.3 Å². The Morgan fingerprint density at radius 3 is 2.83 bits per heavy atom. The zero-order valence-electron chi connectivity index (χ0n) is 11.4. The minimum atomic E-state index is 0.219. The van der Waals surface area contributed by atoms with Gasteiger partial charge in [-0.2, -0.15) is 0 Å². The van der Waals surface area contributed by atoms with Gasteiger partial charge in [-0.15, -0.1) is 0 Å². The summed E-state index contributed by atoms with van der Waals surface area (Å²) in [6.45, 7) is 5.19. The minimum Gasteiger partial charge on any atom is -0.490 e. The van der Waals surface area contributed by atoms with Crippen LogP contribution >= 0.6 is 0 Å². The molecule has 0 unspecified atom stereocenters. The fourth-order valence-corrected chi connectivity index (χ4v) is 1.85. The largest absolute Gasteiger partial charge is 0.490 e. The number of hydrogen-bond acceptors (Lipinski definition) is 2. The van der Waals surface area contributed by atoms with Crippen molar-refractivity contribution in [3.8, 4) is 5.75 Å². The molecule has 1 aromatic carbocycles. The Bertz CT molecular complexity index is 394. The van der Waals surface area contributed by atoms with Crippen molar-refractivity contribution in [3.63, 3.8) is 0 Å². The van der Waals surface area contributed by atoms with Gasteiger partial charge < -0.3 is 10.1 Å². The molecule has 0 bridgehead atoms. The van der Waals surface area contributed by atoms with Gasteiger partial charge in [0.25, 0.3) is 0 Å². The molecule has 98 valence electrons. The highest BCUT2D eigenvalue weighted by Crippen LogP contribution is 2.21. The van der Waals surface area contributed by atoms with Gasteiger partial charge in [0.2, 0.25) is 0 Å². The van der Waals surface area contributed by atoms with Gasteiger partial charge >= 0.3 is 0 Å². The molecule has 1 fully saturated rings. The molecule has 1 aliphatic carbocycles. The summed E-state index contributed by atoms with van der Waals surface area (Å²) in [5.41, 5.74) is 1.16. The van der Waals surface area contributed by atoms with E-state index in [0.29, 0.717) is 0 Å². The molecule has 0 heterocycles. The Labute approximate surface area is 110 Å². The highest BCUT2D eigenvalue weighted by Gasteiger charge is 2.19. The van der Waals surface area contributed by atoms with Crippen LogP contribution in [-0.2, 0) is 0 Å². The van der Waals surface area contributed by atoms with Gasteiger partial charge in [0.15, 0.2) is 0 Å². The van der Waals surface area contributed by atoms with E-state index in [-0.39, 0.29) is 6.10 Å². The lowest BCUT2D eigenvalue weighted by atomic mass is 10.1. The summed E-state index contributed by atoms with van der Waals surface area (Å²) in [5, 5.41) is 3.51. The molecule has 1 saturated carbocycles. The van der Waals surface area contributed by atoms with E-state index >= 15 is 0 Å². The van der Waals surface area contributed by atoms with Crippen molar-refractivity contribution >= 4 is 6.08 Å². The van der Waals surface area contributed by atoms with E-state index in [1.165, 1.54) is 12.8 Å². The summed E-state index contributed by atoms with van der Waals surface area (Å²) < 4.78 is 5.78. The highest BCUT2D eigenvalue weighted by molar-refractivity contribution is 5.57. The van der Waals surface area contributed by atoms with E-state index in [9.17, 15) is 0 Å². The third-order valence-electron chi connectivity index (χ3n) is 2.90. The summed E-state index contributed by atoms with van der Waals surface area (Å²) in [5.74, 6) is 0.971. The molecule has 0 aromatic heterocycles. The van der Waals surface area contributed by atoms with E-state index in [1.807, 2.05) is 12.1 Å². The molecule has 0 spiro atoms. The molecule has 0 radical (unpaired) electrons. The molecular weight excluding hydrogens is 222 g/mol. The maximum atomic E-state index is 5.78. The fourth-order valence-electron chi connectivity index (χ4n) is 1.85. The number of nitrogens with one attached hydrogen (secondary N) is 1. The Kier molecular flexibility index (Phi) is 4.82. The molecule has 1 N–H and O–H groups in total. The van der Waals surface area contributed by atoms with Gasteiger partial charge in [0, 0.05) is 11.6 Å². The van der Waals surface area contributed by atoms with Crippen LogP contribution in [0.3, 0.4) is 0 Å². The van der Waals surface area contributed by atoms with Crippen molar-refractivity contribution < 1.29 is 4.74 Å². The number of rotatable bonds is 7. The Hall–Kier alpha value is -1.28. The highest BCUT2D eigenvalue weighted by atomic mass is 16.5. The van der Waals surface area contributed by atoms with Crippen molar-refractivity contribution in [2.75, 3.05) is 6.54 Å². The smallest absolute Gasteiger partial charge is 0.126 e. The number of ether oxygens (including phenoxy) is 1. The SMILES string of the molecule is CC(C)Oc1ccccc1C=CCCNC1CC1. The van der Waals surface area contributed by atoms with Crippen molar-refractivity contribution in [1.29, 1.82) is 0 Å². The number of benzene rings is 1. The van der Waals surface area contributed by atoms with Crippen LogP contribution in [0.5, 0.6) is 5.75 Å². The second-order valence-corrected chi connectivity index (χ2v) is 5.12. The summed E-state index contributed by atoms with van der Waals surface area (Å²) in [7, 11) is 0. The maximum Gasteiger partial charge on any atom is 0.126 e. The third-order valence-corrected chi connectivity index (χ3v) is 2.90. The number of para-hydroxylation sites is 1. The standard InChI is InChI=1S/C16H23NO/c1-13(2)18-16-9-4-3-7-14(16)8-5-6-12-17-15-10-11-15/h3-5,7-9,13,15,17H,6,10-12H2,1-2H3. The second-order valence-electron chi connectivity index (χ2n) is 5.12. The van der Waals surface area contributed by atoms with E-state index in [1.54, 1.807) is 0 Å². The van der Waals surface area contributed by atoms with Crippen molar-refractivity contribution in [3.05, 3.63) is 35.9 Å². The predicted molar refractivity (Wildman–Crippen MR) is 76.9 cm³/mol. The lowest BCUT2D eigenvalue weighted by Gasteiger charge is -2.12. The molecule has 1 aromatic rings. The summed E-state index contributed by atoms with van der Waals surface area (Å²) >= 11 is 0. The van der Waals surface area contributed by atoms with Crippen LogP contribution in [0.4, 0.5) is 0 Å². The minimum absolute atomic E-state index is 0.219. The lowest BCUT2D eigenvalue weighted by molar-refractivity contribution is 0.242. The monoisotopic (exact) mass is 245 g/mol. The van der Waals surface area contributed by atoms with E-state index in [0.717, 1.165) is 30.3 Å². The zero-order chi connectivity index (χ0) is 12.8. The first kappa shape index (κ1) is 13.2. The van der Waals surface area contributed by atoms with Crippen LogP contribution in [0.1, 0.15) is 38.7 Å². The van der Waals surface area contributed by atoms with Crippen molar-refractivity contribution in [2.45, 2.75) is 45.3 Å². The average Bonchev–Trinajstić information content (AvgIpc) is 3.14. The van der Waals surface area contributed by atoms with Crippen LogP contribution in [-0.4, -0.2) is 18.7 Å². The van der Waals surface area contributed by atoms with Crippen LogP contribution in [0.15, 0.2) is 30.3 Å². The fraction of sp³-hybridized carbons (Fsp3) is 0.500. The lowest BCUT2D eigenvalue weighted by Crippen LogP contribution is -2.16. The Balaban J connectivity index is 1.84. The van der Waals surface area contributed by atoms with Crippen molar-refractivity contribution in [1.82, 2.24) is 5.32 Å². The van der Waals surface area contributed by atoms with Gasteiger partial charge in [-0.1, -0.05) is 30.4 Å². The van der Waals surface area contributed by atoms with E-state index in [2.05, 4.69) is 43.4 Å². The van der Waals surface area contributed by atoms with Gasteiger partial charge in [-0.25, -0.2) is 0 Å². The molecule has 0 amide bonds. The summed E-state index contributed by atoms with van der Waals surface area (Å²) in [4.78, 5) is 0. The van der Waals surface area contributed by atoms with Gasteiger partial charge in [0.1, 0.15) is 5.75 Å². The molecule has 1 aliphatic rings. The molecule has 18 heavy (non-hydrogen) atoms. The van der Waals surface area contributed by atoms with Gasteiger partial charge in [-0.05, 0) is 45.7 Å². The van der Waals surface area contributed by atoms with Crippen molar-refractivity contribution in [2.24, 2.45) is 0 Å². The van der Waals surface area contributed by atoms with E-state index < -0.39 is 0 Å². The quantitative estimate of drug-likeness (QED) is 0.741. The molecule has 0 atom stereocenters. The van der Waals surface area contributed by atoms with Crippen LogP contribution in [0, 0.1) is 0 Å². The van der Waals surface area contributed by atoms with Crippen LogP contribution < -0.4 is 10.1 Å². The Morgan fingerprint density at radius 2 is 2.11 bits per heavy atom. The van der Waals surface area contributed by atoms with Gasteiger partial charge in [-0.3, -0.25) is 0 Å². The van der Waals surface area contributed by atoms with Crippen LogP contribution in [0.2, 0.25) is 0 Å².